The molecule has 0 bridgehead atoms. The van der Waals surface area contributed by atoms with Crippen molar-refractivity contribution in [3.8, 4) is 17.2 Å². The van der Waals surface area contributed by atoms with Crippen molar-refractivity contribution in [2.24, 2.45) is 0 Å². The van der Waals surface area contributed by atoms with Crippen LogP contribution in [0.4, 0.5) is 0 Å². The van der Waals surface area contributed by atoms with E-state index in [2.05, 4.69) is 28.9 Å². The van der Waals surface area contributed by atoms with Crippen LogP contribution in [-0.2, 0) is 0 Å². The van der Waals surface area contributed by atoms with Crippen molar-refractivity contribution in [2.45, 2.75) is 18.8 Å². The van der Waals surface area contributed by atoms with Crippen molar-refractivity contribution >= 4 is 11.3 Å². The van der Waals surface area contributed by atoms with Crippen molar-refractivity contribution < 1.29 is 0 Å². The summed E-state index contributed by atoms with van der Waals surface area (Å²) in [6, 6.07) is 12.7. The maximum atomic E-state index is 9.34. The van der Waals surface area contributed by atoms with Crippen LogP contribution in [0.25, 0.3) is 11.1 Å². The first-order valence-electron chi connectivity index (χ1n) is 6.68. The number of hydrogen-bond acceptors (Lipinski definition) is 3. The van der Waals surface area contributed by atoms with E-state index in [0.717, 1.165) is 18.0 Å². The average molecular weight is 268 g/mol. The minimum absolute atomic E-state index is 0.592. The molecule has 2 aromatic rings. The second kappa shape index (κ2) is 5.56. The Kier molecular flexibility index (Phi) is 3.63. The predicted molar refractivity (Wildman–Crippen MR) is 79.3 cm³/mol. The van der Waals surface area contributed by atoms with Crippen molar-refractivity contribution in [3.05, 3.63) is 46.2 Å². The summed E-state index contributed by atoms with van der Waals surface area (Å²) >= 11 is 1.58. The fraction of sp³-hybridized carbons (Fsp3) is 0.312. The molecule has 96 valence electrons. The van der Waals surface area contributed by atoms with Gasteiger partial charge in [-0.1, -0.05) is 30.3 Å². The van der Waals surface area contributed by atoms with E-state index in [1.165, 1.54) is 29.5 Å². The summed E-state index contributed by atoms with van der Waals surface area (Å²) in [5, 5.41) is 14.9. The summed E-state index contributed by atoms with van der Waals surface area (Å²) in [7, 11) is 0. The Hall–Kier alpha value is -1.63. The number of rotatable bonds is 2. The number of nitriles is 1. The van der Waals surface area contributed by atoms with Crippen LogP contribution < -0.4 is 5.32 Å². The third-order valence-electron chi connectivity index (χ3n) is 3.76. The molecule has 0 spiro atoms. The molecular weight excluding hydrogens is 252 g/mol. The van der Waals surface area contributed by atoms with Gasteiger partial charge in [-0.25, -0.2) is 0 Å². The summed E-state index contributed by atoms with van der Waals surface area (Å²) in [6.07, 6.45) is 2.34. The lowest BCUT2D eigenvalue weighted by atomic mass is 9.87. The van der Waals surface area contributed by atoms with E-state index in [4.69, 9.17) is 0 Å². The van der Waals surface area contributed by atoms with Gasteiger partial charge in [0.1, 0.15) is 10.9 Å². The molecule has 1 aromatic heterocycles. The van der Waals surface area contributed by atoms with Gasteiger partial charge in [-0.2, -0.15) is 5.26 Å². The van der Waals surface area contributed by atoms with E-state index in [-0.39, 0.29) is 0 Å². The standard InChI is InChI=1S/C16H16N2S/c17-10-15-16(13-4-2-1-3-5-13)14(11-19-15)12-6-8-18-9-7-12/h1-5,11-12,18H,6-9H2. The van der Waals surface area contributed by atoms with E-state index in [0.29, 0.717) is 5.92 Å². The van der Waals surface area contributed by atoms with Crippen LogP contribution in [0.2, 0.25) is 0 Å². The van der Waals surface area contributed by atoms with Gasteiger partial charge < -0.3 is 5.32 Å². The fourth-order valence-electron chi connectivity index (χ4n) is 2.79. The molecular formula is C16H16N2S. The van der Waals surface area contributed by atoms with Gasteiger partial charge in [0.25, 0.3) is 0 Å². The van der Waals surface area contributed by atoms with Crippen LogP contribution in [0.3, 0.4) is 0 Å². The first-order valence-corrected chi connectivity index (χ1v) is 7.55. The highest BCUT2D eigenvalue weighted by atomic mass is 32.1. The van der Waals surface area contributed by atoms with Crippen LogP contribution in [0, 0.1) is 11.3 Å². The zero-order valence-corrected chi connectivity index (χ0v) is 11.5. The molecule has 2 heterocycles. The molecule has 1 aromatic carbocycles. The van der Waals surface area contributed by atoms with E-state index in [1.54, 1.807) is 11.3 Å². The van der Waals surface area contributed by atoms with Crippen LogP contribution in [-0.4, -0.2) is 13.1 Å². The highest BCUT2D eigenvalue weighted by Crippen LogP contribution is 2.39. The molecule has 0 atom stereocenters. The molecule has 3 heteroatoms. The first kappa shape index (κ1) is 12.4. The van der Waals surface area contributed by atoms with Crippen molar-refractivity contribution in [1.82, 2.24) is 5.32 Å². The molecule has 0 radical (unpaired) electrons. The monoisotopic (exact) mass is 268 g/mol. The Balaban J connectivity index is 2.06. The van der Waals surface area contributed by atoms with Gasteiger partial charge in [-0.3, -0.25) is 0 Å². The summed E-state index contributed by atoms with van der Waals surface area (Å²) < 4.78 is 0. The highest BCUT2D eigenvalue weighted by Gasteiger charge is 2.22. The van der Waals surface area contributed by atoms with Gasteiger partial charge in [-0.05, 0) is 48.4 Å². The van der Waals surface area contributed by atoms with Gasteiger partial charge in [0.15, 0.2) is 0 Å². The van der Waals surface area contributed by atoms with Gasteiger partial charge in [0, 0.05) is 5.56 Å². The van der Waals surface area contributed by atoms with Crippen molar-refractivity contribution in [2.75, 3.05) is 13.1 Å². The molecule has 1 N–H and O–H groups in total. The minimum atomic E-state index is 0.592. The van der Waals surface area contributed by atoms with Gasteiger partial charge in [0.05, 0.1) is 0 Å². The number of thiophene rings is 1. The van der Waals surface area contributed by atoms with Gasteiger partial charge in [-0.15, -0.1) is 11.3 Å². The molecule has 1 fully saturated rings. The largest absolute Gasteiger partial charge is 0.317 e. The van der Waals surface area contributed by atoms with Gasteiger partial charge >= 0.3 is 0 Å². The Morgan fingerprint density at radius 2 is 1.89 bits per heavy atom. The average Bonchev–Trinajstić information content (AvgIpc) is 2.93. The lowest BCUT2D eigenvalue weighted by Gasteiger charge is -2.23. The molecule has 0 unspecified atom stereocenters. The highest BCUT2D eigenvalue weighted by molar-refractivity contribution is 7.11. The molecule has 3 rings (SSSR count). The van der Waals surface area contributed by atoms with E-state index >= 15 is 0 Å². The van der Waals surface area contributed by atoms with E-state index < -0.39 is 0 Å². The zero-order valence-electron chi connectivity index (χ0n) is 10.7. The number of benzene rings is 1. The molecule has 0 aliphatic carbocycles. The first-order chi connectivity index (χ1) is 9.40. The van der Waals surface area contributed by atoms with Crippen LogP contribution in [0.15, 0.2) is 35.7 Å². The lowest BCUT2D eigenvalue weighted by Crippen LogP contribution is -2.26. The number of hydrogen-bond donors (Lipinski definition) is 1. The summed E-state index contributed by atoms with van der Waals surface area (Å²) in [4.78, 5) is 0.847. The predicted octanol–water partition coefficient (Wildman–Crippen LogP) is 3.75. The third kappa shape index (κ3) is 2.42. The zero-order chi connectivity index (χ0) is 13.1. The SMILES string of the molecule is N#Cc1scc(C2CCNCC2)c1-c1ccccc1. The number of nitrogens with one attached hydrogen (secondary N) is 1. The maximum absolute atomic E-state index is 9.34. The lowest BCUT2D eigenvalue weighted by molar-refractivity contribution is 0.462. The van der Waals surface area contributed by atoms with E-state index in [9.17, 15) is 5.26 Å². The molecule has 2 nitrogen and oxygen atoms in total. The summed E-state index contributed by atoms with van der Waals surface area (Å²) in [5.74, 6) is 0.592. The fourth-order valence-corrected chi connectivity index (χ4v) is 3.75. The topological polar surface area (TPSA) is 35.8 Å². The van der Waals surface area contributed by atoms with Crippen molar-refractivity contribution in [3.63, 3.8) is 0 Å². The molecule has 0 amide bonds. The Labute approximate surface area is 117 Å². The van der Waals surface area contributed by atoms with Crippen molar-refractivity contribution in [1.29, 1.82) is 5.26 Å². The second-order valence-electron chi connectivity index (χ2n) is 4.90. The van der Waals surface area contributed by atoms with Crippen LogP contribution in [0.1, 0.15) is 29.2 Å². The van der Waals surface area contributed by atoms with Gasteiger partial charge in [0.2, 0.25) is 0 Å². The minimum Gasteiger partial charge on any atom is -0.317 e. The maximum Gasteiger partial charge on any atom is 0.112 e. The van der Waals surface area contributed by atoms with Crippen LogP contribution in [0.5, 0.6) is 0 Å². The number of nitrogens with zero attached hydrogens (tertiary/aromatic N) is 1. The van der Waals surface area contributed by atoms with E-state index in [1.807, 2.05) is 18.2 Å². The third-order valence-corrected chi connectivity index (χ3v) is 4.67. The molecule has 1 aliphatic heterocycles. The Morgan fingerprint density at radius 1 is 1.16 bits per heavy atom. The Bertz CT molecular complexity index is 589. The normalized spacial score (nSPS) is 16.2. The molecule has 19 heavy (non-hydrogen) atoms. The van der Waals surface area contributed by atoms with Crippen LogP contribution >= 0.6 is 11.3 Å². The Morgan fingerprint density at radius 3 is 2.58 bits per heavy atom. The smallest absolute Gasteiger partial charge is 0.112 e. The molecule has 0 saturated carbocycles. The molecule has 1 aliphatic rings. The number of piperidine rings is 1. The quantitative estimate of drug-likeness (QED) is 0.900. The molecule has 1 saturated heterocycles. The second-order valence-corrected chi connectivity index (χ2v) is 5.78. The summed E-state index contributed by atoms with van der Waals surface area (Å²) in [6.45, 7) is 2.16. The summed E-state index contributed by atoms with van der Waals surface area (Å²) in [5.41, 5.74) is 3.71.